The molecule has 0 aromatic heterocycles. The molecule has 0 unspecified atom stereocenters. The Hall–Kier alpha value is -2.05. The average molecular weight is 293 g/mol. The van der Waals surface area contributed by atoms with Crippen molar-refractivity contribution in [1.29, 1.82) is 0 Å². The van der Waals surface area contributed by atoms with E-state index >= 15 is 0 Å². The molecule has 0 amide bonds. The number of benzene rings is 3. The van der Waals surface area contributed by atoms with E-state index in [4.69, 9.17) is 11.6 Å². The fourth-order valence-electron chi connectivity index (χ4n) is 2.65. The maximum Gasteiger partial charge on any atom is 0.0984 e. The Labute approximate surface area is 131 Å². The average Bonchev–Trinajstić information content (AvgIpc) is 2.57. The Morgan fingerprint density at radius 2 is 0.952 bits per heavy atom. The summed E-state index contributed by atoms with van der Waals surface area (Å²) in [6.45, 7) is 0. The van der Waals surface area contributed by atoms with Crippen LogP contribution in [-0.2, 0) is 11.3 Å². The third-order valence-corrected chi connectivity index (χ3v) is 4.32. The van der Waals surface area contributed by atoms with Gasteiger partial charge in [0.05, 0.1) is 4.87 Å². The molecule has 0 saturated heterocycles. The minimum Gasteiger partial charge on any atom is -0.108 e. The summed E-state index contributed by atoms with van der Waals surface area (Å²) in [5, 5.41) is 0. The quantitative estimate of drug-likeness (QED) is 0.564. The third kappa shape index (κ3) is 3.01. The van der Waals surface area contributed by atoms with Gasteiger partial charge in [-0.3, -0.25) is 0 Å². The molecular formula is C20H17Cl. The van der Waals surface area contributed by atoms with E-state index in [-0.39, 0.29) is 0 Å². The first kappa shape index (κ1) is 13.9. The predicted octanol–water partition coefficient (Wildman–Crippen LogP) is 5.41. The number of hydrogen-bond donors (Lipinski definition) is 0. The van der Waals surface area contributed by atoms with E-state index < -0.39 is 4.87 Å². The molecule has 104 valence electrons. The summed E-state index contributed by atoms with van der Waals surface area (Å²) in [6.07, 6.45) is 0.767. The van der Waals surface area contributed by atoms with Crippen LogP contribution in [0, 0.1) is 0 Å². The van der Waals surface area contributed by atoms with Crippen molar-refractivity contribution in [2.75, 3.05) is 0 Å². The summed E-state index contributed by atoms with van der Waals surface area (Å²) in [7, 11) is 0. The summed E-state index contributed by atoms with van der Waals surface area (Å²) in [5.41, 5.74) is 3.49. The zero-order chi connectivity index (χ0) is 14.5. The third-order valence-electron chi connectivity index (χ3n) is 3.75. The van der Waals surface area contributed by atoms with Crippen LogP contribution in [0.2, 0.25) is 0 Å². The van der Waals surface area contributed by atoms with E-state index in [1.165, 1.54) is 5.56 Å². The molecule has 0 saturated carbocycles. The van der Waals surface area contributed by atoms with Crippen LogP contribution in [0.1, 0.15) is 16.7 Å². The maximum absolute atomic E-state index is 7.12. The first-order chi connectivity index (χ1) is 10.3. The molecule has 0 fully saturated rings. The normalized spacial score (nSPS) is 11.3. The minimum absolute atomic E-state index is 0.538. The van der Waals surface area contributed by atoms with E-state index in [0.29, 0.717) is 0 Å². The van der Waals surface area contributed by atoms with E-state index in [0.717, 1.165) is 17.5 Å². The Bertz CT molecular complexity index is 635. The van der Waals surface area contributed by atoms with Crippen molar-refractivity contribution in [1.82, 2.24) is 0 Å². The highest BCUT2D eigenvalue weighted by Gasteiger charge is 2.31. The van der Waals surface area contributed by atoms with Gasteiger partial charge in [0, 0.05) is 0 Å². The Morgan fingerprint density at radius 1 is 0.571 bits per heavy atom. The van der Waals surface area contributed by atoms with Gasteiger partial charge >= 0.3 is 0 Å². The van der Waals surface area contributed by atoms with Crippen molar-refractivity contribution in [2.45, 2.75) is 11.3 Å². The van der Waals surface area contributed by atoms with E-state index in [9.17, 15) is 0 Å². The lowest BCUT2D eigenvalue weighted by Gasteiger charge is -2.28. The summed E-state index contributed by atoms with van der Waals surface area (Å²) >= 11 is 7.12. The van der Waals surface area contributed by atoms with Crippen LogP contribution in [-0.4, -0.2) is 0 Å². The highest BCUT2D eigenvalue weighted by Crippen LogP contribution is 2.39. The highest BCUT2D eigenvalue weighted by atomic mass is 35.5. The molecule has 0 N–H and O–H groups in total. The van der Waals surface area contributed by atoms with Gasteiger partial charge in [-0.25, -0.2) is 0 Å². The van der Waals surface area contributed by atoms with Gasteiger partial charge in [-0.15, -0.1) is 11.6 Å². The van der Waals surface area contributed by atoms with Gasteiger partial charge < -0.3 is 0 Å². The fraction of sp³-hybridized carbons (Fsp3) is 0.100. The molecule has 3 rings (SSSR count). The SMILES string of the molecule is ClC(Cc1ccccc1)(c1ccccc1)c1ccccc1. The molecule has 3 aromatic rings. The van der Waals surface area contributed by atoms with Gasteiger partial charge in [0.15, 0.2) is 0 Å². The van der Waals surface area contributed by atoms with Crippen molar-refractivity contribution in [3.8, 4) is 0 Å². The van der Waals surface area contributed by atoms with Crippen LogP contribution in [0.15, 0.2) is 91.0 Å². The zero-order valence-corrected chi connectivity index (χ0v) is 12.5. The lowest BCUT2D eigenvalue weighted by atomic mass is 9.85. The molecule has 0 aliphatic rings. The molecule has 21 heavy (non-hydrogen) atoms. The first-order valence-corrected chi connectivity index (χ1v) is 7.51. The number of alkyl halides is 1. The standard InChI is InChI=1S/C20H17Cl/c21-20(18-12-6-2-7-13-18,19-14-8-3-9-15-19)16-17-10-4-1-5-11-17/h1-15H,16H2. The van der Waals surface area contributed by atoms with Gasteiger partial charge in [-0.2, -0.15) is 0 Å². The summed E-state index contributed by atoms with van der Waals surface area (Å²) in [4.78, 5) is -0.538. The molecule has 0 atom stereocenters. The first-order valence-electron chi connectivity index (χ1n) is 7.13. The summed E-state index contributed by atoms with van der Waals surface area (Å²) < 4.78 is 0. The lowest BCUT2D eigenvalue weighted by Crippen LogP contribution is -2.23. The second-order valence-electron chi connectivity index (χ2n) is 5.20. The lowest BCUT2D eigenvalue weighted by molar-refractivity contribution is 0.720. The van der Waals surface area contributed by atoms with E-state index in [1.54, 1.807) is 0 Å². The topological polar surface area (TPSA) is 0 Å². The molecule has 0 heterocycles. The van der Waals surface area contributed by atoms with Gasteiger partial charge in [0.25, 0.3) is 0 Å². The Balaban J connectivity index is 2.07. The van der Waals surface area contributed by atoms with E-state index in [2.05, 4.69) is 48.5 Å². The molecule has 1 heteroatoms. The monoisotopic (exact) mass is 292 g/mol. The van der Waals surface area contributed by atoms with Crippen LogP contribution in [0.5, 0.6) is 0 Å². The summed E-state index contributed by atoms with van der Waals surface area (Å²) in [5.74, 6) is 0. The van der Waals surface area contributed by atoms with E-state index in [1.807, 2.05) is 42.5 Å². The van der Waals surface area contributed by atoms with Gasteiger partial charge in [0.2, 0.25) is 0 Å². The molecule has 0 bridgehead atoms. The van der Waals surface area contributed by atoms with Crippen LogP contribution < -0.4 is 0 Å². The van der Waals surface area contributed by atoms with Crippen LogP contribution in [0.3, 0.4) is 0 Å². The van der Waals surface area contributed by atoms with Gasteiger partial charge in [-0.1, -0.05) is 91.0 Å². The van der Waals surface area contributed by atoms with Crippen molar-refractivity contribution in [3.63, 3.8) is 0 Å². The minimum atomic E-state index is -0.538. The smallest absolute Gasteiger partial charge is 0.0984 e. The molecule has 3 aromatic carbocycles. The fourth-order valence-corrected chi connectivity index (χ4v) is 3.06. The van der Waals surface area contributed by atoms with Crippen LogP contribution in [0.4, 0.5) is 0 Å². The van der Waals surface area contributed by atoms with Crippen LogP contribution >= 0.6 is 11.6 Å². The molecular weight excluding hydrogens is 276 g/mol. The number of halogens is 1. The van der Waals surface area contributed by atoms with Crippen molar-refractivity contribution < 1.29 is 0 Å². The van der Waals surface area contributed by atoms with Crippen molar-refractivity contribution >= 4 is 11.6 Å². The maximum atomic E-state index is 7.12. The molecule has 0 spiro atoms. The molecule has 0 aliphatic heterocycles. The second-order valence-corrected chi connectivity index (χ2v) is 5.84. The zero-order valence-electron chi connectivity index (χ0n) is 11.7. The molecule has 0 radical (unpaired) electrons. The van der Waals surface area contributed by atoms with Crippen LogP contribution in [0.25, 0.3) is 0 Å². The molecule has 0 nitrogen and oxygen atoms in total. The van der Waals surface area contributed by atoms with Crippen molar-refractivity contribution in [3.05, 3.63) is 108 Å². The number of hydrogen-bond acceptors (Lipinski definition) is 0. The van der Waals surface area contributed by atoms with Gasteiger partial charge in [0.1, 0.15) is 0 Å². The highest BCUT2D eigenvalue weighted by molar-refractivity contribution is 6.26. The largest absolute Gasteiger partial charge is 0.108 e. The Kier molecular flexibility index (Phi) is 4.08. The molecule has 0 aliphatic carbocycles. The Morgan fingerprint density at radius 3 is 1.38 bits per heavy atom. The predicted molar refractivity (Wildman–Crippen MR) is 89.7 cm³/mol. The van der Waals surface area contributed by atoms with Gasteiger partial charge in [-0.05, 0) is 23.1 Å². The van der Waals surface area contributed by atoms with Crippen molar-refractivity contribution in [2.24, 2.45) is 0 Å². The number of rotatable bonds is 4. The second kappa shape index (κ2) is 6.15. The summed E-state index contributed by atoms with van der Waals surface area (Å²) in [6, 6.07) is 31.0.